The average molecular weight is 416 g/mol. The van der Waals surface area contributed by atoms with Crippen LogP contribution in [0.2, 0.25) is 0 Å². The highest BCUT2D eigenvalue weighted by atomic mass is 16.6. The molecule has 2 rings (SSSR count). The highest BCUT2D eigenvalue weighted by molar-refractivity contribution is 5.82. The Bertz CT molecular complexity index is 784. The first-order valence-electron chi connectivity index (χ1n) is 10.0. The van der Waals surface area contributed by atoms with Crippen molar-refractivity contribution in [1.29, 1.82) is 0 Å². The number of hydrogen-bond acceptors (Lipinski definition) is 6. The van der Waals surface area contributed by atoms with E-state index >= 15 is 0 Å². The average Bonchev–Trinajstić information content (AvgIpc) is 2.75. The van der Waals surface area contributed by atoms with Gasteiger partial charge < -0.3 is 19.3 Å². The van der Waals surface area contributed by atoms with Gasteiger partial charge in [0.2, 0.25) is 0 Å². The molecular weight excluding hydrogens is 388 g/mol. The van der Waals surface area contributed by atoms with Crippen molar-refractivity contribution in [2.24, 2.45) is 11.8 Å². The van der Waals surface area contributed by atoms with E-state index in [0.717, 1.165) is 24.5 Å². The summed E-state index contributed by atoms with van der Waals surface area (Å²) in [6, 6.07) is 7.58. The largest absolute Gasteiger partial charge is 0.490 e. The summed E-state index contributed by atoms with van der Waals surface area (Å²) in [6.45, 7) is 5.17. The van der Waals surface area contributed by atoms with E-state index in [1.54, 1.807) is 18.2 Å². The van der Waals surface area contributed by atoms with Gasteiger partial charge in [0.15, 0.2) is 6.10 Å². The molecule has 1 aromatic carbocycles. The summed E-state index contributed by atoms with van der Waals surface area (Å²) in [5, 5.41) is 9.37. The van der Waals surface area contributed by atoms with Gasteiger partial charge in [-0.25, -0.2) is 4.79 Å². The number of carbonyl (C=O) groups is 3. The quantitative estimate of drug-likeness (QED) is 0.336. The molecule has 0 spiro atoms. The topological polar surface area (TPSA) is 99.1 Å². The maximum atomic E-state index is 12.7. The van der Waals surface area contributed by atoms with Gasteiger partial charge in [0.05, 0.1) is 11.8 Å². The molecule has 0 radical (unpaired) electrons. The van der Waals surface area contributed by atoms with Crippen LogP contribution in [0.15, 0.2) is 49.1 Å². The lowest BCUT2D eigenvalue weighted by atomic mass is 9.83. The molecule has 0 aromatic heterocycles. The van der Waals surface area contributed by atoms with E-state index in [1.165, 1.54) is 0 Å². The number of esters is 2. The van der Waals surface area contributed by atoms with Crippen LogP contribution in [-0.2, 0) is 30.3 Å². The second-order valence-electron chi connectivity index (χ2n) is 7.10. The summed E-state index contributed by atoms with van der Waals surface area (Å²) >= 11 is 0. The van der Waals surface area contributed by atoms with Crippen LogP contribution in [0, 0.1) is 11.8 Å². The number of ether oxygens (including phenoxy) is 3. The van der Waals surface area contributed by atoms with Gasteiger partial charge >= 0.3 is 17.9 Å². The molecule has 0 amide bonds. The molecule has 0 aliphatic heterocycles. The van der Waals surface area contributed by atoms with Crippen LogP contribution in [0.3, 0.4) is 0 Å². The van der Waals surface area contributed by atoms with E-state index < -0.39 is 35.8 Å². The Morgan fingerprint density at radius 1 is 1.20 bits per heavy atom. The van der Waals surface area contributed by atoms with E-state index in [2.05, 4.69) is 13.5 Å². The molecular formula is C23H28O7. The highest BCUT2D eigenvalue weighted by Crippen LogP contribution is 2.27. The van der Waals surface area contributed by atoms with Crippen molar-refractivity contribution in [2.75, 3.05) is 13.2 Å². The minimum atomic E-state index is -1.04. The van der Waals surface area contributed by atoms with Gasteiger partial charge in [0, 0.05) is 6.08 Å². The van der Waals surface area contributed by atoms with E-state index in [1.807, 2.05) is 18.2 Å². The monoisotopic (exact) mass is 416 g/mol. The third-order valence-corrected chi connectivity index (χ3v) is 4.79. The third kappa shape index (κ3) is 7.06. The van der Waals surface area contributed by atoms with Crippen LogP contribution in [0.4, 0.5) is 0 Å². The lowest BCUT2D eigenvalue weighted by molar-refractivity contribution is -0.167. The number of aliphatic carboxylic acids is 1. The number of benzene rings is 1. The van der Waals surface area contributed by atoms with Crippen LogP contribution in [0.5, 0.6) is 5.75 Å². The third-order valence-electron chi connectivity index (χ3n) is 4.79. The Hall–Kier alpha value is -3.09. The van der Waals surface area contributed by atoms with Crippen LogP contribution in [0.1, 0.15) is 31.7 Å². The van der Waals surface area contributed by atoms with Gasteiger partial charge in [-0.15, -0.1) is 0 Å². The standard InChI is InChI=1S/C23H28O7/c1-3-8-16-9-7-10-17(13-16)28-14-18(15-29-21(24)4-2)30-23(27)20-12-6-5-11-19(20)22(25)26/h4-7,9-10,13,18-20H,2-3,8,11-12,14-15H2,1H3,(H,25,26). The zero-order valence-electron chi connectivity index (χ0n) is 17.1. The summed E-state index contributed by atoms with van der Waals surface area (Å²) in [6.07, 6.45) is 6.13. The first kappa shape index (κ1) is 23.2. The van der Waals surface area contributed by atoms with Crippen LogP contribution < -0.4 is 4.74 Å². The SMILES string of the molecule is C=CC(=O)OCC(COc1cccc(CCC)c1)OC(=O)C1CC=CCC1C(=O)O. The van der Waals surface area contributed by atoms with Gasteiger partial charge in [-0.1, -0.05) is 44.2 Å². The molecule has 0 heterocycles. The van der Waals surface area contributed by atoms with Crippen LogP contribution in [-0.4, -0.2) is 42.3 Å². The second kappa shape index (κ2) is 11.8. The summed E-state index contributed by atoms with van der Waals surface area (Å²) < 4.78 is 16.3. The molecule has 7 nitrogen and oxygen atoms in total. The second-order valence-corrected chi connectivity index (χ2v) is 7.10. The molecule has 7 heteroatoms. The normalized spacial score (nSPS) is 18.8. The smallest absolute Gasteiger partial charge is 0.330 e. The number of hydrogen-bond donors (Lipinski definition) is 1. The summed E-state index contributed by atoms with van der Waals surface area (Å²) in [7, 11) is 0. The molecule has 0 saturated carbocycles. The van der Waals surface area contributed by atoms with Crippen LogP contribution in [0.25, 0.3) is 0 Å². The molecule has 3 atom stereocenters. The Kier molecular flexibility index (Phi) is 9.12. The summed E-state index contributed by atoms with van der Waals surface area (Å²) in [5.74, 6) is -3.36. The molecule has 1 aliphatic carbocycles. The molecule has 3 unspecified atom stereocenters. The highest BCUT2D eigenvalue weighted by Gasteiger charge is 2.36. The predicted molar refractivity (Wildman–Crippen MR) is 110 cm³/mol. The molecule has 0 bridgehead atoms. The van der Waals surface area contributed by atoms with Crippen molar-refractivity contribution in [3.63, 3.8) is 0 Å². The summed E-state index contributed by atoms with van der Waals surface area (Å²) in [4.78, 5) is 35.5. The molecule has 1 aromatic rings. The van der Waals surface area contributed by atoms with E-state index in [-0.39, 0.29) is 26.1 Å². The number of rotatable bonds is 11. The minimum absolute atomic E-state index is 0.0357. The first-order valence-corrected chi connectivity index (χ1v) is 10.0. The zero-order valence-corrected chi connectivity index (χ0v) is 17.1. The van der Waals surface area contributed by atoms with Crippen molar-refractivity contribution in [2.45, 2.75) is 38.7 Å². The first-order chi connectivity index (χ1) is 14.4. The lowest BCUT2D eigenvalue weighted by Gasteiger charge is -2.26. The van der Waals surface area contributed by atoms with Crippen LogP contribution >= 0.6 is 0 Å². The van der Waals surface area contributed by atoms with Gasteiger partial charge in [-0.3, -0.25) is 9.59 Å². The van der Waals surface area contributed by atoms with Gasteiger partial charge in [-0.2, -0.15) is 0 Å². The van der Waals surface area contributed by atoms with Gasteiger partial charge in [-0.05, 0) is 37.0 Å². The number of carboxylic acid groups (broad SMARTS) is 1. The van der Waals surface area contributed by atoms with Crippen molar-refractivity contribution < 1.29 is 33.7 Å². The van der Waals surface area contributed by atoms with Gasteiger partial charge in [0.25, 0.3) is 0 Å². The van der Waals surface area contributed by atoms with Gasteiger partial charge in [0.1, 0.15) is 19.0 Å². The maximum absolute atomic E-state index is 12.7. The number of carbonyl (C=O) groups excluding carboxylic acids is 2. The summed E-state index contributed by atoms with van der Waals surface area (Å²) in [5.41, 5.74) is 1.12. The minimum Gasteiger partial charge on any atom is -0.490 e. The molecule has 1 aliphatic rings. The van der Waals surface area contributed by atoms with Crippen molar-refractivity contribution >= 4 is 17.9 Å². The molecule has 0 fully saturated rings. The van der Waals surface area contributed by atoms with E-state index in [0.29, 0.717) is 5.75 Å². The fraction of sp³-hybridized carbons (Fsp3) is 0.435. The van der Waals surface area contributed by atoms with Crippen molar-refractivity contribution in [3.8, 4) is 5.75 Å². The van der Waals surface area contributed by atoms with E-state index in [9.17, 15) is 19.5 Å². The Morgan fingerprint density at radius 3 is 2.60 bits per heavy atom. The number of carboxylic acids is 1. The zero-order chi connectivity index (χ0) is 21.9. The molecule has 30 heavy (non-hydrogen) atoms. The molecule has 1 N–H and O–H groups in total. The fourth-order valence-corrected chi connectivity index (χ4v) is 3.22. The van der Waals surface area contributed by atoms with Crippen molar-refractivity contribution in [1.82, 2.24) is 0 Å². The maximum Gasteiger partial charge on any atom is 0.330 e. The Morgan fingerprint density at radius 2 is 1.93 bits per heavy atom. The number of allylic oxidation sites excluding steroid dienone is 2. The Labute approximate surface area is 176 Å². The van der Waals surface area contributed by atoms with Crippen molar-refractivity contribution in [3.05, 3.63) is 54.6 Å². The number of aryl methyl sites for hydroxylation is 1. The molecule has 162 valence electrons. The molecule has 0 saturated heterocycles. The lowest BCUT2D eigenvalue weighted by Crippen LogP contribution is -2.37. The Balaban J connectivity index is 2.04. The predicted octanol–water partition coefficient (Wildman–Crippen LogP) is 3.33. The van der Waals surface area contributed by atoms with E-state index in [4.69, 9.17) is 14.2 Å². The fourth-order valence-electron chi connectivity index (χ4n) is 3.22.